The van der Waals surface area contributed by atoms with Crippen LogP contribution in [-0.4, -0.2) is 20.6 Å². The van der Waals surface area contributed by atoms with Gasteiger partial charge in [0, 0.05) is 12.2 Å². The Balaban J connectivity index is 1.60. The van der Waals surface area contributed by atoms with Crippen molar-refractivity contribution >= 4 is 5.97 Å². The molecule has 108 valence electrons. The Morgan fingerprint density at radius 2 is 1.85 bits per heavy atom. The van der Waals surface area contributed by atoms with Crippen LogP contribution in [0.15, 0.2) is 12.5 Å². The maximum absolute atomic E-state index is 11.0. The van der Waals surface area contributed by atoms with Gasteiger partial charge < -0.3 is 15.4 Å². The lowest BCUT2D eigenvalue weighted by Crippen LogP contribution is -2.45. The molecule has 4 aliphatic carbocycles. The summed E-state index contributed by atoms with van der Waals surface area (Å²) in [6, 6.07) is -0.488. The zero-order valence-electron chi connectivity index (χ0n) is 11.5. The van der Waals surface area contributed by atoms with E-state index in [0.717, 1.165) is 23.7 Å². The van der Waals surface area contributed by atoms with Gasteiger partial charge in [0.25, 0.3) is 0 Å². The van der Waals surface area contributed by atoms with E-state index in [1.807, 2.05) is 6.20 Å². The zero-order chi connectivity index (χ0) is 13.9. The molecule has 4 aliphatic rings. The van der Waals surface area contributed by atoms with Crippen LogP contribution in [0, 0.1) is 23.7 Å². The zero-order valence-corrected chi connectivity index (χ0v) is 11.5. The Morgan fingerprint density at radius 1 is 1.25 bits per heavy atom. The lowest BCUT2D eigenvalue weighted by atomic mass is 9.54. The molecular weight excluding hydrogens is 254 g/mol. The second-order valence-electron chi connectivity index (χ2n) is 6.98. The van der Waals surface area contributed by atoms with Crippen molar-refractivity contribution in [1.82, 2.24) is 9.55 Å². The fourth-order valence-corrected chi connectivity index (χ4v) is 5.19. The van der Waals surface area contributed by atoms with Gasteiger partial charge in [-0.1, -0.05) is 0 Å². The Bertz CT molecular complexity index is 511. The van der Waals surface area contributed by atoms with Crippen LogP contribution in [0.1, 0.15) is 49.9 Å². The Morgan fingerprint density at radius 3 is 2.40 bits per heavy atom. The predicted molar refractivity (Wildman–Crippen MR) is 72.9 cm³/mol. The van der Waals surface area contributed by atoms with E-state index in [9.17, 15) is 4.79 Å². The minimum Gasteiger partial charge on any atom is -0.480 e. The summed E-state index contributed by atoms with van der Waals surface area (Å²) in [4.78, 5) is 15.2. The van der Waals surface area contributed by atoms with Crippen molar-refractivity contribution in [3.8, 4) is 0 Å². The summed E-state index contributed by atoms with van der Waals surface area (Å²) in [7, 11) is 0. The third-order valence-electron chi connectivity index (χ3n) is 5.73. The number of carboxylic acid groups (broad SMARTS) is 1. The molecule has 1 atom stereocenters. The molecule has 3 N–H and O–H groups in total. The first-order valence-corrected chi connectivity index (χ1v) is 7.63. The highest BCUT2D eigenvalue weighted by atomic mass is 16.4. The standard InChI is InChI=1S/C15H21N3O2/c16-13(15(19)20)12-6-18(7-17-12)14-10-2-8-1-9(4-10)5-11(14)3-8/h6-11,13-14H,1-5,16H2,(H,19,20). The second-order valence-corrected chi connectivity index (χ2v) is 6.98. The van der Waals surface area contributed by atoms with E-state index in [2.05, 4.69) is 9.55 Å². The number of nitrogens with zero attached hydrogens (tertiary/aromatic N) is 2. The highest BCUT2D eigenvalue weighted by molar-refractivity contribution is 5.74. The third-order valence-corrected chi connectivity index (χ3v) is 5.73. The van der Waals surface area contributed by atoms with E-state index >= 15 is 0 Å². The number of hydrogen-bond donors (Lipinski definition) is 2. The van der Waals surface area contributed by atoms with Gasteiger partial charge in [0.05, 0.1) is 12.0 Å². The van der Waals surface area contributed by atoms with Gasteiger partial charge in [-0.25, -0.2) is 4.98 Å². The van der Waals surface area contributed by atoms with E-state index in [1.165, 1.54) is 32.1 Å². The summed E-state index contributed by atoms with van der Waals surface area (Å²) >= 11 is 0. The molecule has 0 spiro atoms. The molecule has 0 aromatic carbocycles. The first kappa shape index (κ1) is 12.4. The average molecular weight is 275 g/mol. The number of imidazole rings is 1. The number of carbonyl (C=O) groups is 1. The molecule has 4 saturated carbocycles. The fraction of sp³-hybridized carbons (Fsp3) is 0.733. The fourth-order valence-electron chi connectivity index (χ4n) is 5.19. The Kier molecular flexibility index (Phi) is 2.67. The van der Waals surface area contributed by atoms with Gasteiger partial charge in [0.1, 0.15) is 6.04 Å². The molecule has 1 unspecified atom stereocenters. The molecule has 1 heterocycles. The van der Waals surface area contributed by atoms with Crippen LogP contribution in [-0.2, 0) is 4.79 Å². The number of carboxylic acids is 1. The predicted octanol–water partition coefficient (Wildman–Crippen LogP) is 1.96. The topological polar surface area (TPSA) is 81.1 Å². The Hall–Kier alpha value is -1.36. The number of rotatable bonds is 3. The van der Waals surface area contributed by atoms with Crippen LogP contribution in [0.3, 0.4) is 0 Å². The second kappa shape index (κ2) is 4.32. The normalized spacial score (nSPS) is 40.0. The van der Waals surface area contributed by atoms with Gasteiger partial charge in [0.15, 0.2) is 0 Å². The van der Waals surface area contributed by atoms with Crippen molar-refractivity contribution < 1.29 is 9.90 Å². The molecule has 1 aromatic heterocycles. The number of hydrogen-bond acceptors (Lipinski definition) is 3. The van der Waals surface area contributed by atoms with Gasteiger partial charge in [0.2, 0.25) is 0 Å². The van der Waals surface area contributed by atoms with Crippen molar-refractivity contribution in [2.45, 2.75) is 44.2 Å². The van der Waals surface area contributed by atoms with E-state index in [0.29, 0.717) is 11.7 Å². The molecule has 0 aliphatic heterocycles. The molecule has 4 fully saturated rings. The molecule has 1 aromatic rings. The van der Waals surface area contributed by atoms with Gasteiger partial charge in [-0.2, -0.15) is 0 Å². The number of aliphatic carboxylic acids is 1. The number of aromatic nitrogens is 2. The molecule has 0 radical (unpaired) electrons. The van der Waals surface area contributed by atoms with E-state index < -0.39 is 12.0 Å². The van der Waals surface area contributed by atoms with Crippen LogP contribution in [0.4, 0.5) is 0 Å². The summed E-state index contributed by atoms with van der Waals surface area (Å²) in [6.45, 7) is 0. The molecule has 0 amide bonds. The van der Waals surface area contributed by atoms with E-state index in [-0.39, 0.29) is 0 Å². The molecule has 0 saturated heterocycles. The summed E-state index contributed by atoms with van der Waals surface area (Å²) in [5.74, 6) is 2.39. The molecule has 5 heteroatoms. The minimum absolute atomic E-state index is 0.478. The highest BCUT2D eigenvalue weighted by Gasteiger charge is 2.48. The molecular formula is C15H21N3O2. The minimum atomic E-state index is -1.01. The largest absolute Gasteiger partial charge is 0.480 e. The maximum Gasteiger partial charge on any atom is 0.326 e. The SMILES string of the molecule is NC(C(=O)O)c1cn(C2C3CC4CC(C3)CC2C4)cn1. The van der Waals surface area contributed by atoms with E-state index in [4.69, 9.17) is 10.8 Å². The van der Waals surface area contributed by atoms with Crippen molar-refractivity contribution in [2.75, 3.05) is 0 Å². The maximum atomic E-state index is 11.0. The smallest absolute Gasteiger partial charge is 0.326 e. The van der Waals surface area contributed by atoms with Gasteiger partial charge in [-0.3, -0.25) is 4.79 Å². The molecule has 5 nitrogen and oxygen atoms in total. The monoisotopic (exact) mass is 275 g/mol. The number of nitrogens with two attached hydrogens (primary N) is 1. The molecule has 20 heavy (non-hydrogen) atoms. The van der Waals surface area contributed by atoms with Gasteiger partial charge in [-0.15, -0.1) is 0 Å². The van der Waals surface area contributed by atoms with Crippen LogP contribution >= 0.6 is 0 Å². The van der Waals surface area contributed by atoms with Crippen molar-refractivity contribution in [2.24, 2.45) is 29.4 Å². The molecule has 5 rings (SSSR count). The Labute approximate surface area is 118 Å². The van der Waals surface area contributed by atoms with E-state index in [1.54, 1.807) is 6.33 Å². The first-order valence-electron chi connectivity index (χ1n) is 7.63. The lowest BCUT2D eigenvalue weighted by Gasteiger charge is -2.54. The summed E-state index contributed by atoms with van der Waals surface area (Å²) in [5, 5.41) is 8.98. The lowest BCUT2D eigenvalue weighted by molar-refractivity contribution is -0.138. The summed E-state index contributed by atoms with van der Waals surface area (Å²) in [5.41, 5.74) is 6.13. The van der Waals surface area contributed by atoms with Gasteiger partial charge >= 0.3 is 5.97 Å². The average Bonchev–Trinajstić information content (AvgIpc) is 2.85. The van der Waals surface area contributed by atoms with Crippen molar-refractivity contribution in [1.29, 1.82) is 0 Å². The summed E-state index contributed by atoms with van der Waals surface area (Å²) < 4.78 is 2.16. The van der Waals surface area contributed by atoms with Crippen molar-refractivity contribution in [3.05, 3.63) is 18.2 Å². The van der Waals surface area contributed by atoms with Gasteiger partial charge in [-0.05, 0) is 55.8 Å². The third kappa shape index (κ3) is 1.79. The first-order chi connectivity index (χ1) is 9.61. The van der Waals surface area contributed by atoms with Crippen LogP contribution in [0.5, 0.6) is 0 Å². The highest BCUT2D eigenvalue weighted by Crippen LogP contribution is 2.58. The summed E-state index contributed by atoms with van der Waals surface area (Å²) in [6.07, 6.45) is 10.5. The quantitative estimate of drug-likeness (QED) is 0.883. The van der Waals surface area contributed by atoms with Crippen LogP contribution in [0.2, 0.25) is 0 Å². The van der Waals surface area contributed by atoms with Crippen molar-refractivity contribution in [3.63, 3.8) is 0 Å². The molecule has 4 bridgehead atoms. The van der Waals surface area contributed by atoms with Crippen LogP contribution < -0.4 is 5.73 Å². The van der Waals surface area contributed by atoms with Crippen LogP contribution in [0.25, 0.3) is 0 Å².